The summed E-state index contributed by atoms with van der Waals surface area (Å²) < 4.78 is 11.2. The number of carbonyl (C=O) groups excluding carboxylic acids is 1. The van der Waals surface area contributed by atoms with Gasteiger partial charge >= 0.3 is 6.03 Å². The second-order valence-corrected chi connectivity index (χ2v) is 5.92. The number of hydrogen-bond donors (Lipinski definition) is 1. The predicted octanol–water partition coefficient (Wildman–Crippen LogP) is 3.17. The van der Waals surface area contributed by atoms with E-state index in [1.807, 2.05) is 25.1 Å². The fourth-order valence-corrected chi connectivity index (χ4v) is 2.64. The number of hydrogen-bond acceptors (Lipinski definition) is 4. The quantitative estimate of drug-likeness (QED) is 0.925. The number of aromatic nitrogens is 1. The maximum absolute atomic E-state index is 12.4. The minimum absolute atomic E-state index is 0.109. The first-order chi connectivity index (χ1) is 10.5. The number of ether oxygens (including phenoxy) is 1. The number of oxazole rings is 1. The molecule has 0 spiro atoms. The van der Waals surface area contributed by atoms with Crippen molar-refractivity contribution < 1.29 is 13.9 Å². The molecule has 1 aromatic heterocycles. The van der Waals surface area contributed by atoms with Crippen molar-refractivity contribution >= 4 is 22.8 Å². The van der Waals surface area contributed by atoms with E-state index in [9.17, 15) is 4.79 Å². The van der Waals surface area contributed by atoms with Crippen LogP contribution >= 0.6 is 0 Å². The van der Waals surface area contributed by atoms with Crippen molar-refractivity contribution in [2.75, 3.05) is 25.0 Å². The normalized spacial score (nSPS) is 22.0. The van der Waals surface area contributed by atoms with Gasteiger partial charge in [0.25, 0.3) is 0 Å². The lowest BCUT2D eigenvalue weighted by atomic mass is 10.0. The van der Waals surface area contributed by atoms with Gasteiger partial charge in [-0.25, -0.2) is 9.78 Å². The first-order valence-corrected chi connectivity index (χ1v) is 7.56. The molecule has 0 unspecified atom stereocenters. The number of morpholine rings is 1. The zero-order valence-electron chi connectivity index (χ0n) is 13.2. The van der Waals surface area contributed by atoms with Gasteiger partial charge in [-0.15, -0.1) is 0 Å². The zero-order valence-corrected chi connectivity index (χ0v) is 13.2. The van der Waals surface area contributed by atoms with Crippen LogP contribution in [-0.4, -0.2) is 41.2 Å². The predicted molar refractivity (Wildman–Crippen MR) is 84.0 cm³/mol. The van der Waals surface area contributed by atoms with Gasteiger partial charge in [0.15, 0.2) is 11.5 Å². The molecule has 1 N–H and O–H groups in total. The van der Waals surface area contributed by atoms with Crippen LogP contribution in [0.1, 0.15) is 26.2 Å². The number of carbonyl (C=O) groups is 1. The Morgan fingerprint density at radius 3 is 3.09 bits per heavy atom. The molecule has 6 heteroatoms. The molecule has 22 heavy (non-hydrogen) atoms. The SMILES string of the molecule is CC[C@]1(C)CN(C(=O)Nc2ccc3oc(C)nc3c2)CCO1. The van der Waals surface area contributed by atoms with Gasteiger partial charge in [-0.1, -0.05) is 6.92 Å². The molecule has 3 rings (SSSR count). The maximum Gasteiger partial charge on any atom is 0.322 e. The Morgan fingerprint density at radius 1 is 1.50 bits per heavy atom. The monoisotopic (exact) mass is 303 g/mol. The molecule has 0 saturated carbocycles. The van der Waals surface area contributed by atoms with Gasteiger partial charge in [-0.2, -0.15) is 0 Å². The summed E-state index contributed by atoms with van der Waals surface area (Å²) >= 11 is 0. The maximum atomic E-state index is 12.4. The van der Waals surface area contributed by atoms with Crippen LogP contribution in [0.25, 0.3) is 11.1 Å². The van der Waals surface area contributed by atoms with Gasteiger partial charge in [0.2, 0.25) is 0 Å². The highest BCUT2D eigenvalue weighted by Crippen LogP contribution is 2.23. The molecule has 1 aliphatic heterocycles. The van der Waals surface area contributed by atoms with Crippen LogP contribution in [0.5, 0.6) is 0 Å². The molecule has 1 saturated heterocycles. The fourth-order valence-electron chi connectivity index (χ4n) is 2.64. The molecule has 2 aromatic rings. The minimum Gasteiger partial charge on any atom is -0.441 e. The molecule has 6 nitrogen and oxygen atoms in total. The largest absolute Gasteiger partial charge is 0.441 e. The molecule has 0 aliphatic carbocycles. The summed E-state index contributed by atoms with van der Waals surface area (Å²) in [7, 11) is 0. The lowest BCUT2D eigenvalue weighted by Crippen LogP contribution is -2.53. The van der Waals surface area contributed by atoms with Crippen LogP contribution in [0.2, 0.25) is 0 Å². The summed E-state index contributed by atoms with van der Waals surface area (Å²) in [5, 5.41) is 2.92. The van der Waals surface area contributed by atoms with Crippen molar-refractivity contribution in [1.82, 2.24) is 9.88 Å². The summed E-state index contributed by atoms with van der Waals surface area (Å²) in [5.74, 6) is 0.616. The Kier molecular flexibility index (Phi) is 3.78. The lowest BCUT2D eigenvalue weighted by molar-refractivity contribution is -0.0860. The number of nitrogens with one attached hydrogen (secondary N) is 1. The molecule has 1 aliphatic rings. The highest BCUT2D eigenvalue weighted by molar-refractivity contribution is 5.91. The molecule has 1 fully saturated rings. The topological polar surface area (TPSA) is 67.6 Å². The van der Waals surface area contributed by atoms with Crippen molar-refractivity contribution in [3.05, 3.63) is 24.1 Å². The Hall–Kier alpha value is -2.08. The Morgan fingerprint density at radius 2 is 2.32 bits per heavy atom. The fraction of sp³-hybridized carbons (Fsp3) is 0.500. The average molecular weight is 303 g/mol. The van der Waals surface area contributed by atoms with E-state index in [2.05, 4.69) is 17.2 Å². The molecular formula is C16H21N3O3. The summed E-state index contributed by atoms with van der Waals surface area (Å²) in [4.78, 5) is 18.5. The number of benzene rings is 1. The molecule has 0 bridgehead atoms. The number of fused-ring (bicyclic) bond motifs is 1. The van der Waals surface area contributed by atoms with Gasteiger partial charge in [-0.05, 0) is 31.5 Å². The second-order valence-electron chi connectivity index (χ2n) is 5.92. The molecule has 1 atom stereocenters. The number of urea groups is 1. The summed E-state index contributed by atoms with van der Waals surface area (Å²) in [6.45, 7) is 7.68. The molecule has 1 aromatic carbocycles. The van der Waals surface area contributed by atoms with Crippen LogP contribution in [0.4, 0.5) is 10.5 Å². The number of amides is 2. The van der Waals surface area contributed by atoms with E-state index >= 15 is 0 Å². The van der Waals surface area contributed by atoms with Gasteiger partial charge in [-0.3, -0.25) is 0 Å². The first kappa shape index (κ1) is 14.8. The van der Waals surface area contributed by atoms with E-state index in [1.54, 1.807) is 11.8 Å². The summed E-state index contributed by atoms with van der Waals surface area (Å²) in [5.41, 5.74) is 1.93. The van der Waals surface area contributed by atoms with E-state index < -0.39 is 0 Å². The third-order valence-corrected chi connectivity index (χ3v) is 4.12. The summed E-state index contributed by atoms with van der Waals surface area (Å²) in [6, 6.07) is 5.36. The molecule has 2 heterocycles. The van der Waals surface area contributed by atoms with Crippen LogP contribution in [0.3, 0.4) is 0 Å². The van der Waals surface area contributed by atoms with E-state index in [0.29, 0.717) is 25.6 Å². The minimum atomic E-state index is -0.261. The summed E-state index contributed by atoms with van der Waals surface area (Å²) in [6.07, 6.45) is 0.876. The Bertz CT molecular complexity index is 697. The van der Waals surface area contributed by atoms with Crippen molar-refractivity contribution in [2.24, 2.45) is 0 Å². The van der Waals surface area contributed by atoms with Crippen LogP contribution in [0.15, 0.2) is 22.6 Å². The second kappa shape index (κ2) is 5.61. The smallest absolute Gasteiger partial charge is 0.322 e. The number of rotatable bonds is 2. The Balaban J connectivity index is 1.72. The molecule has 118 valence electrons. The number of aryl methyl sites for hydroxylation is 1. The van der Waals surface area contributed by atoms with Gasteiger partial charge in [0.1, 0.15) is 5.52 Å². The average Bonchev–Trinajstić information content (AvgIpc) is 2.86. The van der Waals surface area contributed by atoms with E-state index in [-0.39, 0.29) is 11.6 Å². The highest BCUT2D eigenvalue weighted by Gasteiger charge is 2.32. The molecule has 0 radical (unpaired) electrons. The third kappa shape index (κ3) is 2.92. The van der Waals surface area contributed by atoms with Gasteiger partial charge in [0, 0.05) is 19.2 Å². The molecule has 2 amide bonds. The van der Waals surface area contributed by atoms with Crippen molar-refractivity contribution in [3.8, 4) is 0 Å². The van der Waals surface area contributed by atoms with E-state index in [1.165, 1.54) is 0 Å². The number of anilines is 1. The van der Waals surface area contributed by atoms with Crippen molar-refractivity contribution in [1.29, 1.82) is 0 Å². The van der Waals surface area contributed by atoms with E-state index in [0.717, 1.165) is 23.2 Å². The van der Waals surface area contributed by atoms with Crippen LogP contribution in [-0.2, 0) is 4.74 Å². The lowest BCUT2D eigenvalue weighted by Gasteiger charge is -2.39. The third-order valence-electron chi connectivity index (χ3n) is 4.12. The van der Waals surface area contributed by atoms with Crippen LogP contribution in [0, 0.1) is 6.92 Å². The van der Waals surface area contributed by atoms with Crippen molar-refractivity contribution in [2.45, 2.75) is 32.8 Å². The Labute approximate surface area is 129 Å². The highest BCUT2D eigenvalue weighted by atomic mass is 16.5. The van der Waals surface area contributed by atoms with Gasteiger partial charge in [0.05, 0.1) is 18.8 Å². The van der Waals surface area contributed by atoms with E-state index in [4.69, 9.17) is 9.15 Å². The molecular weight excluding hydrogens is 282 g/mol. The standard InChI is InChI=1S/C16H21N3O3/c1-4-16(3)10-19(7-8-21-16)15(20)18-12-5-6-14-13(9-12)17-11(2)22-14/h5-6,9H,4,7-8,10H2,1-3H3,(H,18,20)/t16-/m1/s1. The van der Waals surface area contributed by atoms with Crippen LogP contribution < -0.4 is 5.32 Å². The van der Waals surface area contributed by atoms with Crippen molar-refractivity contribution in [3.63, 3.8) is 0 Å². The zero-order chi connectivity index (χ0) is 15.7. The van der Waals surface area contributed by atoms with Gasteiger partial charge < -0.3 is 19.4 Å². The first-order valence-electron chi connectivity index (χ1n) is 7.56. The number of nitrogens with zero attached hydrogens (tertiary/aromatic N) is 2.